The summed E-state index contributed by atoms with van der Waals surface area (Å²) < 4.78 is 0. The maximum absolute atomic E-state index is 12.2. The third-order valence-electron chi connectivity index (χ3n) is 6.32. The molecule has 1 saturated heterocycles. The van der Waals surface area contributed by atoms with Crippen LogP contribution in [0.2, 0.25) is 0 Å². The number of rotatable bonds is 8. The van der Waals surface area contributed by atoms with Gasteiger partial charge in [-0.05, 0) is 61.6 Å². The summed E-state index contributed by atoms with van der Waals surface area (Å²) >= 11 is 0. The first kappa shape index (κ1) is 28.1. The Labute approximate surface area is 222 Å². The van der Waals surface area contributed by atoms with Crippen LogP contribution in [0.25, 0.3) is 0 Å². The molecule has 2 aromatic carbocycles. The molecular formula is C27H40IN5O. The minimum atomic E-state index is 0. The number of halogens is 1. The second-order valence-electron chi connectivity index (χ2n) is 9.13. The van der Waals surface area contributed by atoms with E-state index in [1.54, 1.807) is 26.0 Å². The topological polar surface area (TPSA) is 60.0 Å². The number of aliphatic imine (C=N–C) groups is 1. The van der Waals surface area contributed by atoms with Crippen LogP contribution >= 0.6 is 24.0 Å². The zero-order valence-electron chi connectivity index (χ0n) is 21.0. The van der Waals surface area contributed by atoms with Gasteiger partial charge in [0, 0.05) is 52.4 Å². The minimum Gasteiger partial charge on any atom is -0.356 e. The van der Waals surface area contributed by atoms with Gasteiger partial charge >= 0.3 is 0 Å². The highest BCUT2D eigenvalue weighted by molar-refractivity contribution is 14.0. The molecule has 1 amide bonds. The van der Waals surface area contributed by atoms with E-state index >= 15 is 0 Å². The monoisotopic (exact) mass is 577 g/mol. The number of benzene rings is 2. The van der Waals surface area contributed by atoms with Gasteiger partial charge in [-0.25, -0.2) is 0 Å². The van der Waals surface area contributed by atoms with E-state index in [2.05, 4.69) is 57.8 Å². The van der Waals surface area contributed by atoms with Gasteiger partial charge in [-0.15, -0.1) is 24.0 Å². The summed E-state index contributed by atoms with van der Waals surface area (Å²) in [6, 6.07) is 17.4. The Morgan fingerprint density at radius 3 is 2.47 bits per heavy atom. The van der Waals surface area contributed by atoms with Crippen molar-refractivity contribution in [2.75, 3.05) is 34.2 Å². The quantitative estimate of drug-likeness (QED) is 0.279. The van der Waals surface area contributed by atoms with Gasteiger partial charge in [-0.1, -0.05) is 42.8 Å². The van der Waals surface area contributed by atoms with E-state index in [4.69, 9.17) is 0 Å². The number of guanidine groups is 1. The van der Waals surface area contributed by atoms with Crippen molar-refractivity contribution in [3.63, 3.8) is 0 Å². The average molecular weight is 578 g/mol. The highest BCUT2D eigenvalue weighted by Gasteiger charge is 2.17. The van der Waals surface area contributed by atoms with Gasteiger partial charge < -0.3 is 15.5 Å². The highest BCUT2D eigenvalue weighted by atomic mass is 127. The molecular weight excluding hydrogens is 537 g/mol. The standard InChI is InChI=1S/C27H39N5O.HI/c1-21-8-5-6-17-32(21)20-24-13-11-23(12-14-24)19-30-27(28-2)29-16-15-22-9-7-10-25(18-22)26(33)31(3)4;/h7,9-14,18,21H,5-6,8,15-17,19-20H2,1-4H3,(H2,28,29,30);1H. The van der Waals surface area contributed by atoms with Crippen molar-refractivity contribution in [3.05, 3.63) is 70.8 Å². The molecule has 0 aliphatic carbocycles. The molecule has 186 valence electrons. The Morgan fingerprint density at radius 1 is 1.06 bits per heavy atom. The van der Waals surface area contributed by atoms with Gasteiger partial charge in [-0.2, -0.15) is 0 Å². The smallest absolute Gasteiger partial charge is 0.253 e. The van der Waals surface area contributed by atoms with Crippen LogP contribution in [0.3, 0.4) is 0 Å². The summed E-state index contributed by atoms with van der Waals surface area (Å²) in [7, 11) is 5.33. The Balaban J connectivity index is 0.00000408. The molecule has 6 nitrogen and oxygen atoms in total. The van der Waals surface area contributed by atoms with Crippen molar-refractivity contribution >= 4 is 35.8 Å². The van der Waals surface area contributed by atoms with Gasteiger partial charge in [-0.3, -0.25) is 14.7 Å². The van der Waals surface area contributed by atoms with Crippen LogP contribution in [-0.2, 0) is 19.5 Å². The van der Waals surface area contributed by atoms with E-state index in [1.165, 1.54) is 36.9 Å². The van der Waals surface area contributed by atoms with Crippen LogP contribution in [0.4, 0.5) is 0 Å². The molecule has 0 aromatic heterocycles. The molecule has 0 bridgehead atoms. The van der Waals surface area contributed by atoms with Crippen molar-refractivity contribution in [1.29, 1.82) is 0 Å². The molecule has 1 aliphatic heterocycles. The molecule has 0 spiro atoms. The summed E-state index contributed by atoms with van der Waals surface area (Å²) in [4.78, 5) is 20.7. The first-order valence-corrected chi connectivity index (χ1v) is 12.0. The van der Waals surface area contributed by atoms with E-state index in [9.17, 15) is 4.79 Å². The lowest BCUT2D eigenvalue weighted by Crippen LogP contribution is -2.38. The number of carbonyl (C=O) groups excluding carboxylic acids is 1. The van der Waals surface area contributed by atoms with Crippen LogP contribution in [0.5, 0.6) is 0 Å². The number of hydrogen-bond acceptors (Lipinski definition) is 3. The van der Waals surface area contributed by atoms with E-state index in [-0.39, 0.29) is 29.9 Å². The molecule has 2 aromatic rings. The van der Waals surface area contributed by atoms with E-state index in [0.29, 0.717) is 6.04 Å². The predicted octanol–water partition coefficient (Wildman–Crippen LogP) is 4.29. The first-order valence-electron chi connectivity index (χ1n) is 12.0. The largest absolute Gasteiger partial charge is 0.356 e. The summed E-state index contributed by atoms with van der Waals surface area (Å²) in [5.74, 6) is 0.806. The molecule has 0 saturated carbocycles. The molecule has 0 radical (unpaired) electrons. The molecule has 7 heteroatoms. The summed E-state index contributed by atoms with van der Waals surface area (Å²) in [6.45, 7) is 6.07. The third kappa shape index (κ3) is 8.58. The predicted molar refractivity (Wildman–Crippen MR) is 152 cm³/mol. The SMILES string of the molecule is CN=C(NCCc1cccc(C(=O)N(C)C)c1)NCc1ccc(CN2CCCCC2C)cc1.I. The van der Waals surface area contributed by atoms with Crippen LogP contribution in [0, 0.1) is 0 Å². The maximum atomic E-state index is 12.2. The molecule has 1 aliphatic rings. The van der Waals surface area contributed by atoms with Gasteiger partial charge in [0.25, 0.3) is 5.91 Å². The minimum absolute atomic E-state index is 0. The molecule has 1 unspecified atom stereocenters. The van der Waals surface area contributed by atoms with Crippen LogP contribution in [0.15, 0.2) is 53.5 Å². The number of hydrogen-bond donors (Lipinski definition) is 2. The normalized spacial score (nSPS) is 16.5. The number of nitrogens with one attached hydrogen (secondary N) is 2. The van der Waals surface area contributed by atoms with Gasteiger partial charge in [0.05, 0.1) is 0 Å². The summed E-state index contributed by atoms with van der Waals surface area (Å²) in [5, 5.41) is 6.76. The molecule has 2 N–H and O–H groups in total. The van der Waals surface area contributed by atoms with E-state index < -0.39 is 0 Å². The second-order valence-corrected chi connectivity index (χ2v) is 9.13. The summed E-state index contributed by atoms with van der Waals surface area (Å²) in [5.41, 5.74) is 4.47. The zero-order valence-corrected chi connectivity index (χ0v) is 23.3. The Hall–Kier alpha value is -2.13. The maximum Gasteiger partial charge on any atom is 0.253 e. The number of piperidine rings is 1. The number of amides is 1. The van der Waals surface area contributed by atoms with Crippen LogP contribution in [-0.4, -0.2) is 61.9 Å². The molecule has 1 fully saturated rings. The van der Waals surface area contributed by atoms with E-state index in [1.807, 2.05) is 18.2 Å². The van der Waals surface area contributed by atoms with Crippen molar-refractivity contribution in [2.24, 2.45) is 4.99 Å². The van der Waals surface area contributed by atoms with Gasteiger partial charge in [0.2, 0.25) is 0 Å². The number of carbonyl (C=O) groups is 1. The Bertz CT molecular complexity index is 929. The fraction of sp³-hybridized carbons (Fsp3) is 0.481. The third-order valence-corrected chi connectivity index (χ3v) is 6.32. The van der Waals surface area contributed by atoms with Crippen molar-refractivity contribution < 1.29 is 4.79 Å². The van der Waals surface area contributed by atoms with Gasteiger partial charge in [0.1, 0.15) is 0 Å². The lowest BCUT2D eigenvalue weighted by atomic mass is 10.0. The number of likely N-dealkylation sites (tertiary alicyclic amines) is 1. The fourth-order valence-corrected chi connectivity index (χ4v) is 4.24. The zero-order chi connectivity index (χ0) is 23.6. The van der Waals surface area contributed by atoms with Crippen molar-refractivity contribution in [2.45, 2.75) is 51.7 Å². The lowest BCUT2D eigenvalue weighted by molar-refractivity contribution is 0.0827. The highest BCUT2D eigenvalue weighted by Crippen LogP contribution is 2.19. The molecule has 1 heterocycles. The van der Waals surface area contributed by atoms with Crippen LogP contribution in [0.1, 0.15) is 53.2 Å². The average Bonchev–Trinajstić information content (AvgIpc) is 2.83. The molecule has 1 atom stereocenters. The fourth-order valence-electron chi connectivity index (χ4n) is 4.24. The van der Waals surface area contributed by atoms with E-state index in [0.717, 1.165) is 43.1 Å². The lowest BCUT2D eigenvalue weighted by Gasteiger charge is -2.33. The second kappa shape index (κ2) is 14.3. The van der Waals surface area contributed by atoms with Crippen LogP contribution < -0.4 is 10.6 Å². The number of nitrogens with zero attached hydrogens (tertiary/aromatic N) is 3. The summed E-state index contributed by atoms with van der Waals surface area (Å²) in [6.07, 6.45) is 4.81. The molecule has 3 rings (SSSR count). The first-order chi connectivity index (χ1) is 16.0. The molecule has 34 heavy (non-hydrogen) atoms. The van der Waals surface area contributed by atoms with Gasteiger partial charge in [0.15, 0.2) is 5.96 Å². The van der Waals surface area contributed by atoms with Crippen molar-refractivity contribution in [1.82, 2.24) is 20.4 Å². The Morgan fingerprint density at radius 2 is 1.79 bits per heavy atom. The Kier molecular flexibility index (Phi) is 11.8. The van der Waals surface area contributed by atoms with Crippen molar-refractivity contribution in [3.8, 4) is 0 Å².